The van der Waals surface area contributed by atoms with Crippen LogP contribution in [0.5, 0.6) is 5.75 Å². The summed E-state index contributed by atoms with van der Waals surface area (Å²) in [6.07, 6.45) is 0. The lowest BCUT2D eigenvalue weighted by Gasteiger charge is -2.08. The van der Waals surface area contributed by atoms with Gasteiger partial charge in [-0.3, -0.25) is 10.2 Å². The number of aromatic nitrogens is 1. The first kappa shape index (κ1) is 20.2. The Morgan fingerprint density at radius 1 is 1.07 bits per heavy atom. The maximum atomic E-state index is 12.2. The Bertz CT molecular complexity index is 1090. The normalized spacial score (nSPS) is 11.2. The number of para-hydroxylation sites is 1. The van der Waals surface area contributed by atoms with Gasteiger partial charge >= 0.3 is 5.91 Å². The van der Waals surface area contributed by atoms with Gasteiger partial charge in [-0.05, 0) is 36.4 Å². The van der Waals surface area contributed by atoms with Gasteiger partial charge in [0.25, 0.3) is 10.0 Å². The van der Waals surface area contributed by atoms with Gasteiger partial charge < -0.3 is 9.15 Å². The van der Waals surface area contributed by atoms with Crippen molar-refractivity contribution < 1.29 is 22.4 Å². The van der Waals surface area contributed by atoms with Gasteiger partial charge in [0.2, 0.25) is 0 Å². The SMILES string of the molecule is O=C(NNS(=O)(=O)c1ccc(Cl)nc1Cl)c1ccc(COc2ccccc2)o1. The summed E-state index contributed by atoms with van der Waals surface area (Å²) < 4.78 is 35.3. The first-order chi connectivity index (χ1) is 13.3. The van der Waals surface area contributed by atoms with E-state index in [1.807, 2.05) is 28.5 Å². The number of ether oxygens (including phenoxy) is 1. The molecule has 0 radical (unpaired) electrons. The third-order valence-corrected chi connectivity index (χ3v) is 5.27. The van der Waals surface area contributed by atoms with Crippen molar-refractivity contribution in [2.24, 2.45) is 0 Å². The molecule has 0 atom stereocenters. The summed E-state index contributed by atoms with van der Waals surface area (Å²) >= 11 is 11.4. The van der Waals surface area contributed by atoms with E-state index in [0.717, 1.165) is 6.07 Å². The van der Waals surface area contributed by atoms with Gasteiger partial charge in [-0.15, -0.1) is 4.83 Å². The van der Waals surface area contributed by atoms with E-state index in [2.05, 4.69) is 4.98 Å². The molecule has 0 aliphatic carbocycles. The molecule has 0 unspecified atom stereocenters. The first-order valence-electron chi connectivity index (χ1n) is 7.76. The number of rotatable bonds is 7. The van der Waals surface area contributed by atoms with E-state index in [0.29, 0.717) is 11.5 Å². The Labute approximate surface area is 170 Å². The molecular formula is C17H13Cl2N3O5S. The van der Waals surface area contributed by atoms with E-state index in [4.69, 9.17) is 32.4 Å². The number of hydrazine groups is 1. The summed E-state index contributed by atoms with van der Waals surface area (Å²) in [6.45, 7) is 0.106. The highest BCUT2D eigenvalue weighted by Gasteiger charge is 2.21. The molecule has 2 heterocycles. The Kier molecular flexibility index (Phi) is 6.20. The molecule has 146 valence electrons. The number of amides is 1. The van der Waals surface area contributed by atoms with E-state index in [1.165, 1.54) is 12.1 Å². The maximum Gasteiger partial charge on any atom is 0.301 e. The number of carbonyl (C=O) groups is 1. The Hall–Kier alpha value is -2.59. The Morgan fingerprint density at radius 3 is 2.54 bits per heavy atom. The molecule has 0 spiro atoms. The second kappa shape index (κ2) is 8.61. The summed E-state index contributed by atoms with van der Waals surface area (Å²) in [6, 6.07) is 14.4. The summed E-state index contributed by atoms with van der Waals surface area (Å²) in [5.74, 6) is 0.134. The zero-order chi connectivity index (χ0) is 20.1. The van der Waals surface area contributed by atoms with Crippen LogP contribution in [-0.4, -0.2) is 19.3 Å². The van der Waals surface area contributed by atoms with Crippen LogP contribution in [0.3, 0.4) is 0 Å². The largest absolute Gasteiger partial charge is 0.486 e. The van der Waals surface area contributed by atoms with E-state index < -0.39 is 15.9 Å². The number of pyridine rings is 1. The van der Waals surface area contributed by atoms with E-state index >= 15 is 0 Å². The number of nitrogens with zero attached hydrogens (tertiary/aromatic N) is 1. The fourth-order valence-corrected chi connectivity index (χ4v) is 3.58. The lowest BCUT2D eigenvalue weighted by molar-refractivity contribution is 0.0913. The van der Waals surface area contributed by atoms with Gasteiger partial charge in [-0.25, -0.2) is 13.4 Å². The molecule has 0 aliphatic rings. The molecule has 3 rings (SSSR count). The van der Waals surface area contributed by atoms with Gasteiger partial charge in [0.1, 0.15) is 28.2 Å². The van der Waals surface area contributed by atoms with Crippen molar-refractivity contribution in [3.63, 3.8) is 0 Å². The molecule has 1 aromatic carbocycles. The molecule has 0 saturated carbocycles. The van der Waals surface area contributed by atoms with Crippen molar-refractivity contribution >= 4 is 39.1 Å². The molecule has 0 fully saturated rings. The van der Waals surface area contributed by atoms with Gasteiger partial charge in [0.05, 0.1) is 0 Å². The molecular weight excluding hydrogens is 429 g/mol. The summed E-state index contributed by atoms with van der Waals surface area (Å²) in [4.78, 5) is 17.3. The number of sulfonamides is 1. The zero-order valence-electron chi connectivity index (χ0n) is 14.1. The van der Waals surface area contributed by atoms with Crippen LogP contribution in [0.2, 0.25) is 10.3 Å². The molecule has 2 N–H and O–H groups in total. The van der Waals surface area contributed by atoms with Crippen LogP contribution in [0.25, 0.3) is 0 Å². The minimum Gasteiger partial charge on any atom is -0.486 e. The Morgan fingerprint density at radius 2 is 1.82 bits per heavy atom. The number of carbonyl (C=O) groups excluding carboxylic acids is 1. The van der Waals surface area contributed by atoms with E-state index in [-0.39, 0.29) is 27.6 Å². The number of halogens is 2. The molecule has 0 bridgehead atoms. The van der Waals surface area contributed by atoms with E-state index in [9.17, 15) is 13.2 Å². The number of nitrogens with one attached hydrogen (secondary N) is 2. The molecule has 1 amide bonds. The van der Waals surface area contributed by atoms with Gasteiger partial charge in [0.15, 0.2) is 10.9 Å². The second-order valence-corrected chi connectivity index (χ2v) is 7.75. The molecule has 3 aromatic rings. The van der Waals surface area contributed by atoms with Crippen LogP contribution < -0.4 is 15.0 Å². The molecule has 28 heavy (non-hydrogen) atoms. The Balaban J connectivity index is 1.60. The fourth-order valence-electron chi connectivity index (χ4n) is 2.08. The zero-order valence-corrected chi connectivity index (χ0v) is 16.4. The summed E-state index contributed by atoms with van der Waals surface area (Å²) in [7, 11) is -4.15. The number of benzene rings is 1. The van der Waals surface area contributed by atoms with Crippen LogP contribution in [0.15, 0.2) is 63.9 Å². The fraction of sp³-hybridized carbons (Fsp3) is 0.0588. The van der Waals surface area contributed by atoms with Crippen molar-refractivity contribution in [2.75, 3.05) is 0 Å². The lowest BCUT2D eigenvalue weighted by atomic mass is 10.3. The quantitative estimate of drug-likeness (QED) is 0.430. The third-order valence-electron chi connectivity index (χ3n) is 3.38. The smallest absolute Gasteiger partial charge is 0.301 e. The predicted molar refractivity (Wildman–Crippen MR) is 102 cm³/mol. The molecule has 0 saturated heterocycles. The maximum absolute atomic E-state index is 12.2. The van der Waals surface area contributed by atoms with Crippen LogP contribution in [-0.2, 0) is 16.6 Å². The van der Waals surface area contributed by atoms with Gasteiger partial charge in [-0.2, -0.15) is 0 Å². The highest BCUT2D eigenvalue weighted by Crippen LogP contribution is 2.21. The molecule has 0 aliphatic heterocycles. The average molecular weight is 442 g/mol. The third kappa shape index (κ3) is 5.02. The first-order valence-corrected chi connectivity index (χ1v) is 10.00. The van der Waals surface area contributed by atoms with Crippen LogP contribution in [0.1, 0.15) is 16.3 Å². The molecule has 11 heteroatoms. The van der Waals surface area contributed by atoms with Gasteiger partial charge in [0, 0.05) is 0 Å². The van der Waals surface area contributed by atoms with Crippen LogP contribution in [0.4, 0.5) is 0 Å². The van der Waals surface area contributed by atoms with Crippen molar-refractivity contribution in [1.29, 1.82) is 0 Å². The number of hydrogen-bond acceptors (Lipinski definition) is 6. The number of furan rings is 1. The van der Waals surface area contributed by atoms with Crippen LogP contribution in [0, 0.1) is 0 Å². The van der Waals surface area contributed by atoms with Crippen molar-refractivity contribution in [2.45, 2.75) is 11.5 Å². The highest BCUT2D eigenvalue weighted by atomic mass is 35.5. The predicted octanol–water partition coefficient (Wildman–Crippen LogP) is 3.18. The summed E-state index contributed by atoms with van der Waals surface area (Å²) in [5.41, 5.74) is 2.04. The number of hydrogen-bond donors (Lipinski definition) is 2. The van der Waals surface area contributed by atoms with Gasteiger partial charge in [-0.1, -0.05) is 41.4 Å². The average Bonchev–Trinajstić information content (AvgIpc) is 3.14. The van der Waals surface area contributed by atoms with E-state index in [1.54, 1.807) is 18.2 Å². The topological polar surface area (TPSA) is 111 Å². The van der Waals surface area contributed by atoms with Crippen molar-refractivity contribution in [3.8, 4) is 5.75 Å². The lowest BCUT2D eigenvalue weighted by Crippen LogP contribution is -2.41. The van der Waals surface area contributed by atoms with Crippen LogP contribution >= 0.6 is 23.2 Å². The standard InChI is InChI=1S/C17H13Cl2N3O5S/c18-15-9-8-14(16(19)20-15)28(24,25)22-21-17(23)13-7-6-12(27-13)10-26-11-4-2-1-3-5-11/h1-9,22H,10H2,(H,21,23). The minimum atomic E-state index is -4.15. The molecule has 8 nitrogen and oxygen atoms in total. The minimum absolute atomic E-state index is 0.0359. The molecule has 2 aromatic heterocycles. The summed E-state index contributed by atoms with van der Waals surface area (Å²) in [5, 5.41) is -0.290. The second-order valence-electron chi connectivity index (χ2n) is 5.35. The van der Waals surface area contributed by atoms with Crippen molar-refractivity contribution in [1.82, 2.24) is 15.2 Å². The monoisotopic (exact) mass is 441 g/mol. The highest BCUT2D eigenvalue weighted by molar-refractivity contribution is 7.89. The van der Waals surface area contributed by atoms with Crippen molar-refractivity contribution in [3.05, 3.63) is 76.4 Å².